The molecule has 1 fully saturated rings. The van der Waals surface area contributed by atoms with Gasteiger partial charge in [-0.3, -0.25) is 0 Å². The van der Waals surface area contributed by atoms with E-state index in [-0.39, 0.29) is 0 Å². The molecule has 0 atom stereocenters. The molecule has 0 amide bonds. The fraction of sp³-hybridized carbons (Fsp3) is 0.556. The van der Waals surface area contributed by atoms with Crippen LogP contribution in [-0.2, 0) is 4.74 Å². The van der Waals surface area contributed by atoms with E-state index in [0.29, 0.717) is 0 Å². The summed E-state index contributed by atoms with van der Waals surface area (Å²) in [6, 6.07) is 0. The van der Waals surface area contributed by atoms with Crippen LogP contribution in [0.4, 0.5) is 0 Å². The highest BCUT2D eigenvalue weighted by Gasteiger charge is 2.12. The van der Waals surface area contributed by atoms with Crippen LogP contribution in [-0.4, -0.2) is 18.1 Å². The Labute approximate surface area is 71.5 Å². The highest BCUT2D eigenvalue weighted by Crippen LogP contribution is 2.26. The van der Waals surface area contributed by atoms with Crippen LogP contribution in [0.3, 0.4) is 0 Å². The van der Waals surface area contributed by atoms with Gasteiger partial charge in [0.15, 0.2) is 0 Å². The summed E-state index contributed by atoms with van der Waals surface area (Å²) in [5.41, 5.74) is 1.42. The average Bonchev–Trinajstić information content (AvgIpc) is 2.28. The lowest BCUT2D eigenvalue weighted by Gasteiger charge is -2.12. The normalized spacial score (nSPS) is 24.0. The Morgan fingerprint density at radius 1 is 1.27 bits per heavy atom. The van der Waals surface area contributed by atoms with Crippen molar-refractivity contribution in [3.63, 3.8) is 0 Å². The van der Waals surface area contributed by atoms with Gasteiger partial charge in [0.25, 0.3) is 0 Å². The monoisotopic (exact) mass is 168 g/mol. The van der Waals surface area contributed by atoms with E-state index in [1.807, 2.05) is 11.8 Å². The lowest BCUT2D eigenvalue weighted by molar-refractivity contribution is 0.240. The highest BCUT2D eigenvalue weighted by atomic mass is 32.2. The van der Waals surface area contributed by atoms with E-state index in [9.17, 15) is 0 Å². The summed E-state index contributed by atoms with van der Waals surface area (Å²) in [5, 5.41) is 0. The van der Waals surface area contributed by atoms with E-state index in [4.69, 9.17) is 4.74 Å². The Hall–Kier alpha value is -0.370. The average molecular weight is 168 g/mol. The molecule has 0 unspecified atom stereocenters. The van der Waals surface area contributed by atoms with Crippen molar-refractivity contribution in [2.45, 2.75) is 12.8 Å². The van der Waals surface area contributed by atoms with Crippen molar-refractivity contribution in [3.05, 3.63) is 23.5 Å². The zero-order valence-corrected chi connectivity index (χ0v) is 7.32. The molecule has 0 spiro atoms. The van der Waals surface area contributed by atoms with Crippen LogP contribution in [0.15, 0.2) is 23.5 Å². The van der Waals surface area contributed by atoms with Gasteiger partial charge in [-0.25, -0.2) is 0 Å². The first-order valence-electron chi connectivity index (χ1n) is 4.07. The maximum Gasteiger partial charge on any atom is 0.119 e. The van der Waals surface area contributed by atoms with Crippen molar-refractivity contribution in [3.8, 4) is 0 Å². The van der Waals surface area contributed by atoms with Gasteiger partial charge >= 0.3 is 0 Å². The quantitative estimate of drug-likeness (QED) is 0.549. The molecule has 0 saturated carbocycles. The van der Waals surface area contributed by atoms with Crippen molar-refractivity contribution >= 4 is 11.8 Å². The molecule has 1 aliphatic heterocycles. The fourth-order valence-corrected chi connectivity index (χ4v) is 2.20. The van der Waals surface area contributed by atoms with E-state index < -0.39 is 0 Å². The van der Waals surface area contributed by atoms with Gasteiger partial charge in [-0.15, -0.1) is 0 Å². The van der Waals surface area contributed by atoms with Crippen LogP contribution in [0, 0.1) is 0 Å². The Bertz CT molecular complexity index is 184. The van der Waals surface area contributed by atoms with E-state index in [2.05, 4.69) is 12.2 Å². The van der Waals surface area contributed by atoms with E-state index in [1.54, 1.807) is 0 Å². The molecule has 0 N–H and O–H groups in total. The van der Waals surface area contributed by atoms with Gasteiger partial charge in [0.05, 0.1) is 6.61 Å². The predicted molar refractivity (Wildman–Crippen MR) is 48.7 cm³/mol. The van der Waals surface area contributed by atoms with E-state index >= 15 is 0 Å². The van der Waals surface area contributed by atoms with Crippen LogP contribution in [0.5, 0.6) is 0 Å². The lowest BCUT2D eigenvalue weighted by Crippen LogP contribution is -1.99. The first-order chi connectivity index (χ1) is 5.47. The number of hydrogen-bond donors (Lipinski definition) is 0. The van der Waals surface area contributed by atoms with Crippen LogP contribution < -0.4 is 0 Å². The summed E-state index contributed by atoms with van der Waals surface area (Å²) in [6.45, 7) is 0.883. The summed E-state index contributed by atoms with van der Waals surface area (Å²) in [4.78, 5) is 0. The number of ether oxygens (including phenoxy) is 1. The number of hydrogen-bond acceptors (Lipinski definition) is 2. The number of thioether (sulfide) groups is 1. The molecule has 0 bridgehead atoms. The van der Waals surface area contributed by atoms with E-state index in [1.165, 1.54) is 12.0 Å². The van der Waals surface area contributed by atoms with Crippen LogP contribution >= 0.6 is 11.8 Å². The molecule has 0 aromatic heterocycles. The molecule has 2 rings (SSSR count). The maximum atomic E-state index is 5.58. The second-order valence-corrected chi connectivity index (χ2v) is 3.88. The molecule has 2 heteroatoms. The van der Waals surface area contributed by atoms with E-state index in [0.717, 1.165) is 30.3 Å². The van der Waals surface area contributed by atoms with Gasteiger partial charge < -0.3 is 4.74 Å². The Balaban J connectivity index is 2.17. The fourth-order valence-electron chi connectivity index (χ4n) is 1.38. The maximum absolute atomic E-state index is 5.58. The minimum atomic E-state index is 0.883. The molecule has 1 saturated heterocycles. The second kappa shape index (κ2) is 3.35. The molecule has 0 radical (unpaired) electrons. The molecular weight excluding hydrogens is 156 g/mol. The molecule has 2 aliphatic rings. The van der Waals surface area contributed by atoms with Gasteiger partial charge in [-0.1, -0.05) is 6.08 Å². The van der Waals surface area contributed by atoms with Crippen molar-refractivity contribution in [1.29, 1.82) is 0 Å². The molecule has 0 aromatic carbocycles. The first kappa shape index (κ1) is 7.29. The van der Waals surface area contributed by atoms with Crippen molar-refractivity contribution in [1.82, 2.24) is 0 Å². The van der Waals surface area contributed by atoms with Gasteiger partial charge in [-0.05, 0) is 24.5 Å². The zero-order valence-electron chi connectivity index (χ0n) is 6.51. The van der Waals surface area contributed by atoms with Crippen molar-refractivity contribution < 1.29 is 4.74 Å². The predicted octanol–water partition coefficient (Wildman–Crippen LogP) is 2.35. The molecule has 1 aliphatic carbocycles. The number of fused-ring (bicyclic) bond motifs is 1. The lowest BCUT2D eigenvalue weighted by atomic mass is 10.1. The molecule has 1 nitrogen and oxygen atoms in total. The number of allylic oxidation sites excluding steroid dienone is 3. The standard InChI is InChI=1S/C9H12OS/c1-2-4-9-8(3-1)7-11-6-5-10-9/h3-4H,1-2,5-7H2. The van der Waals surface area contributed by atoms with Crippen LogP contribution in [0.2, 0.25) is 0 Å². The Kier molecular flexibility index (Phi) is 2.22. The SMILES string of the molecule is C1=C2CSCCOC2=CCC1. The molecule has 0 aromatic rings. The summed E-state index contributed by atoms with van der Waals surface area (Å²) in [5.74, 6) is 3.43. The third kappa shape index (κ3) is 1.62. The van der Waals surface area contributed by atoms with Gasteiger partial charge in [-0.2, -0.15) is 11.8 Å². The zero-order chi connectivity index (χ0) is 7.52. The summed E-state index contributed by atoms with van der Waals surface area (Å²) in [7, 11) is 0. The first-order valence-corrected chi connectivity index (χ1v) is 5.22. The van der Waals surface area contributed by atoms with Crippen molar-refractivity contribution in [2.24, 2.45) is 0 Å². The van der Waals surface area contributed by atoms with Crippen molar-refractivity contribution in [2.75, 3.05) is 18.1 Å². The topological polar surface area (TPSA) is 9.23 Å². The Morgan fingerprint density at radius 3 is 3.18 bits per heavy atom. The largest absolute Gasteiger partial charge is 0.493 e. The summed E-state index contributed by atoms with van der Waals surface area (Å²) < 4.78 is 5.58. The van der Waals surface area contributed by atoms with Gasteiger partial charge in [0.2, 0.25) is 0 Å². The van der Waals surface area contributed by atoms with Crippen LogP contribution in [0.1, 0.15) is 12.8 Å². The molecule has 11 heavy (non-hydrogen) atoms. The third-order valence-electron chi connectivity index (χ3n) is 1.95. The molecular formula is C9H12OS. The molecule has 1 heterocycles. The summed E-state index contributed by atoms with van der Waals surface area (Å²) in [6.07, 6.45) is 6.89. The minimum absolute atomic E-state index is 0.883. The summed E-state index contributed by atoms with van der Waals surface area (Å²) >= 11 is 1.97. The third-order valence-corrected chi connectivity index (χ3v) is 2.92. The highest BCUT2D eigenvalue weighted by molar-refractivity contribution is 7.99. The Morgan fingerprint density at radius 2 is 2.18 bits per heavy atom. The van der Waals surface area contributed by atoms with Gasteiger partial charge in [0, 0.05) is 11.5 Å². The van der Waals surface area contributed by atoms with Gasteiger partial charge in [0.1, 0.15) is 5.76 Å². The minimum Gasteiger partial charge on any atom is -0.493 e. The van der Waals surface area contributed by atoms with Crippen LogP contribution in [0.25, 0.3) is 0 Å². The second-order valence-electron chi connectivity index (χ2n) is 2.78. The smallest absolute Gasteiger partial charge is 0.119 e. The number of rotatable bonds is 0. The molecule has 60 valence electrons.